The van der Waals surface area contributed by atoms with Gasteiger partial charge < -0.3 is 9.57 Å². The number of rotatable bonds is 8. The van der Waals surface area contributed by atoms with E-state index in [0.717, 1.165) is 0 Å². The molecule has 2 rings (SSSR count). The summed E-state index contributed by atoms with van der Waals surface area (Å²) in [6.07, 6.45) is -0.562. The van der Waals surface area contributed by atoms with Crippen LogP contribution in [0.4, 0.5) is 22.0 Å². The van der Waals surface area contributed by atoms with Crippen LogP contribution in [0.25, 0.3) is 0 Å². The maximum absolute atomic E-state index is 13.9. The number of hydroxylamine groups is 1. The number of carbonyl (C=O) groups excluding carboxylic acids is 1. The summed E-state index contributed by atoms with van der Waals surface area (Å²) in [5.74, 6) is -14.3. The largest absolute Gasteiger partial charge is 0.704 e. The van der Waals surface area contributed by atoms with Crippen molar-refractivity contribution in [1.82, 2.24) is 4.83 Å². The van der Waals surface area contributed by atoms with Crippen LogP contribution >= 0.6 is 8.18 Å². The SMILES string of the molecule is CC(C)OC(=O)C(C)N(Oc1ccccc1)[P+](=O)Oc1c(F)c(F)c(F)c(F)c1F. The number of hydrogen-bond acceptors (Lipinski definition) is 5. The van der Waals surface area contributed by atoms with Crippen molar-refractivity contribution < 1.29 is 45.4 Å². The first kappa shape index (κ1) is 23.5. The molecule has 0 radical (unpaired) electrons. The van der Waals surface area contributed by atoms with Crippen LogP contribution in [0.5, 0.6) is 11.5 Å². The summed E-state index contributed by atoms with van der Waals surface area (Å²) >= 11 is 0. The summed E-state index contributed by atoms with van der Waals surface area (Å²) in [6, 6.07) is 6.03. The van der Waals surface area contributed by atoms with E-state index in [4.69, 9.17) is 9.57 Å². The molecule has 0 saturated carbocycles. The molecule has 0 aliphatic carbocycles. The summed E-state index contributed by atoms with van der Waals surface area (Å²) in [7, 11) is -3.48. The number of hydrogen-bond donors (Lipinski definition) is 0. The van der Waals surface area contributed by atoms with Crippen LogP contribution < -0.4 is 9.36 Å². The highest BCUT2D eigenvalue weighted by Crippen LogP contribution is 2.39. The van der Waals surface area contributed by atoms with Crippen molar-refractivity contribution >= 4 is 14.1 Å². The van der Waals surface area contributed by atoms with Crippen molar-refractivity contribution in [2.24, 2.45) is 0 Å². The summed E-state index contributed by atoms with van der Waals surface area (Å²) in [6.45, 7) is 4.26. The number of para-hydroxylation sites is 1. The molecule has 30 heavy (non-hydrogen) atoms. The van der Waals surface area contributed by atoms with Crippen LogP contribution in [0.15, 0.2) is 30.3 Å². The number of benzene rings is 2. The highest BCUT2D eigenvalue weighted by atomic mass is 31.1. The van der Waals surface area contributed by atoms with E-state index < -0.39 is 61.1 Å². The van der Waals surface area contributed by atoms with E-state index >= 15 is 0 Å². The van der Waals surface area contributed by atoms with E-state index in [0.29, 0.717) is 4.83 Å². The molecule has 0 bridgehead atoms. The molecule has 2 unspecified atom stereocenters. The second kappa shape index (κ2) is 9.82. The molecule has 6 nitrogen and oxygen atoms in total. The molecule has 12 heteroatoms. The third-order valence-electron chi connectivity index (χ3n) is 3.47. The minimum absolute atomic E-state index is 0.0473. The summed E-state index contributed by atoms with van der Waals surface area (Å²) < 4.78 is 89.7. The average Bonchev–Trinajstić information content (AvgIpc) is 2.71. The fourth-order valence-corrected chi connectivity index (χ4v) is 2.98. The molecule has 0 fully saturated rings. The van der Waals surface area contributed by atoms with Crippen LogP contribution in [0.3, 0.4) is 0 Å². The number of esters is 1. The van der Waals surface area contributed by atoms with Gasteiger partial charge in [0.25, 0.3) is 5.75 Å². The Balaban J connectivity index is 2.39. The van der Waals surface area contributed by atoms with Crippen molar-refractivity contribution in [3.8, 4) is 11.5 Å². The minimum atomic E-state index is -3.48. The van der Waals surface area contributed by atoms with Crippen LogP contribution in [-0.2, 0) is 14.1 Å². The zero-order valence-corrected chi connectivity index (χ0v) is 16.8. The van der Waals surface area contributed by atoms with E-state index in [2.05, 4.69) is 4.52 Å². The molecule has 0 aliphatic rings. The molecule has 0 aliphatic heterocycles. The van der Waals surface area contributed by atoms with Gasteiger partial charge in [0, 0.05) is 4.57 Å². The highest BCUT2D eigenvalue weighted by Gasteiger charge is 2.46. The summed E-state index contributed by atoms with van der Waals surface area (Å²) in [5, 5.41) is 0. The Bertz CT molecular complexity index is 915. The molecule has 0 saturated heterocycles. The van der Waals surface area contributed by atoms with E-state index in [1.54, 1.807) is 19.9 Å². The monoisotopic (exact) mass is 452 g/mol. The average molecular weight is 452 g/mol. The first-order valence-electron chi connectivity index (χ1n) is 8.43. The van der Waals surface area contributed by atoms with Crippen LogP contribution in [0.1, 0.15) is 20.8 Å². The second-order valence-corrected chi connectivity index (χ2v) is 7.15. The van der Waals surface area contributed by atoms with Gasteiger partial charge in [0.05, 0.1) is 6.10 Å². The standard InChI is InChI=1S/C18H16F5NO5P/c1-9(2)27-18(25)10(3)24(28-11-7-5-4-6-8-11)30(26)29-17-15(22)13(20)12(19)14(21)16(17)23/h4-10H,1-3H3/q+1. The topological polar surface area (TPSA) is 65.1 Å². The molecule has 0 spiro atoms. The van der Waals surface area contributed by atoms with Crippen molar-refractivity contribution in [1.29, 1.82) is 0 Å². The van der Waals surface area contributed by atoms with Crippen molar-refractivity contribution in [2.45, 2.75) is 32.9 Å². The summed E-state index contributed by atoms with van der Waals surface area (Å²) in [5.41, 5.74) is 0. The lowest BCUT2D eigenvalue weighted by molar-refractivity contribution is -0.158. The van der Waals surface area contributed by atoms with Gasteiger partial charge >= 0.3 is 14.1 Å². The molecule has 2 aromatic carbocycles. The Kier molecular flexibility index (Phi) is 7.69. The van der Waals surface area contributed by atoms with Crippen LogP contribution in [0.2, 0.25) is 0 Å². The first-order valence-corrected chi connectivity index (χ1v) is 9.56. The highest BCUT2D eigenvalue weighted by molar-refractivity contribution is 7.36. The Morgan fingerprint density at radius 2 is 1.40 bits per heavy atom. The van der Waals surface area contributed by atoms with Gasteiger partial charge in [0.15, 0.2) is 11.8 Å². The molecule has 2 aromatic rings. The smallest absolute Gasteiger partial charge is 0.462 e. The summed E-state index contributed by atoms with van der Waals surface area (Å²) in [4.78, 5) is 17.9. The first-order chi connectivity index (χ1) is 14.0. The van der Waals surface area contributed by atoms with Gasteiger partial charge in [-0.3, -0.25) is 4.79 Å². The third-order valence-corrected chi connectivity index (χ3v) is 4.55. The van der Waals surface area contributed by atoms with Gasteiger partial charge in [-0.2, -0.15) is 8.78 Å². The predicted molar refractivity (Wildman–Crippen MR) is 94.1 cm³/mol. The second-order valence-electron chi connectivity index (χ2n) is 6.10. The predicted octanol–water partition coefficient (Wildman–Crippen LogP) is 5.05. The van der Waals surface area contributed by atoms with Gasteiger partial charge in [0.1, 0.15) is 4.83 Å². The van der Waals surface area contributed by atoms with E-state index in [9.17, 15) is 31.3 Å². The minimum Gasteiger partial charge on any atom is -0.462 e. The van der Waals surface area contributed by atoms with Gasteiger partial charge in [-0.1, -0.05) is 18.2 Å². The lowest BCUT2D eigenvalue weighted by atomic mass is 10.3. The number of ether oxygens (including phenoxy) is 1. The maximum Gasteiger partial charge on any atom is 0.704 e. The van der Waals surface area contributed by atoms with E-state index in [1.807, 2.05) is 0 Å². The fraction of sp³-hybridized carbons (Fsp3) is 0.278. The molecule has 0 amide bonds. The van der Waals surface area contributed by atoms with E-state index in [-0.39, 0.29) is 5.75 Å². The number of carbonyl (C=O) groups is 1. The van der Waals surface area contributed by atoms with Crippen LogP contribution in [0, 0.1) is 29.1 Å². The quantitative estimate of drug-likeness (QED) is 0.139. The molecule has 0 aromatic heterocycles. The molecular weight excluding hydrogens is 436 g/mol. The maximum atomic E-state index is 13.9. The lowest BCUT2D eigenvalue weighted by Crippen LogP contribution is -2.39. The van der Waals surface area contributed by atoms with Crippen LogP contribution in [-0.4, -0.2) is 22.9 Å². The Morgan fingerprint density at radius 3 is 1.90 bits per heavy atom. The fourth-order valence-electron chi connectivity index (χ4n) is 2.05. The van der Waals surface area contributed by atoms with Gasteiger partial charge in [0.2, 0.25) is 29.1 Å². The Morgan fingerprint density at radius 1 is 0.900 bits per heavy atom. The molecule has 0 heterocycles. The number of nitrogens with zero attached hydrogens (tertiary/aromatic N) is 1. The zero-order chi connectivity index (χ0) is 22.6. The van der Waals surface area contributed by atoms with Crippen molar-refractivity contribution in [2.75, 3.05) is 0 Å². The van der Waals surface area contributed by atoms with Crippen molar-refractivity contribution in [3.05, 3.63) is 59.4 Å². The van der Waals surface area contributed by atoms with E-state index in [1.165, 1.54) is 31.2 Å². The molecule has 0 N–H and O–H groups in total. The number of halogens is 5. The Hall–Kier alpha value is -2.78. The van der Waals surface area contributed by atoms with Gasteiger partial charge in [-0.25, -0.2) is 17.7 Å². The normalized spacial score (nSPS) is 12.7. The molecule has 162 valence electrons. The zero-order valence-electron chi connectivity index (χ0n) is 15.9. The molecular formula is C18H16F5NO5P+. The lowest BCUT2D eigenvalue weighted by Gasteiger charge is -2.18. The third kappa shape index (κ3) is 5.22. The van der Waals surface area contributed by atoms with Gasteiger partial charge in [-0.15, -0.1) is 0 Å². The van der Waals surface area contributed by atoms with Gasteiger partial charge in [-0.05, 0) is 32.9 Å². The molecule has 2 atom stereocenters. The Labute approximate surface area is 169 Å². The van der Waals surface area contributed by atoms with Crippen molar-refractivity contribution in [3.63, 3.8) is 0 Å².